The number of alkyl halides is 1. The lowest BCUT2D eigenvalue weighted by atomic mass is 10.0. The van der Waals surface area contributed by atoms with E-state index in [9.17, 15) is 4.39 Å². The Morgan fingerprint density at radius 2 is 2.29 bits per heavy atom. The SMILES string of the molecule is FC1(CS)CNC1. The molecule has 0 bridgehead atoms. The van der Waals surface area contributed by atoms with Gasteiger partial charge in [-0.3, -0.25) is 0 Å². The summed E-state index contributed by atoms with van der Waals surface area (Å²) in [6, 6.07) is 0. The Hall–Kier alpha value is 0.240. The van der Waals surface area contributed by atoms with E-state index < -0.39 is 5.67 Å². The number of thiol groups is 1. The van der Waals surface area contributed by atoms with Gasteiger partial charge in [0.05, 0.1) is 0 Å². The number of hydrogen-bond acceptors (Lipinski definition) is 2. The Balaban J connectivity index is 2.29. The second-order valence-electron chi connectivity index (χ2n) is 1.91. The third-order valence-corrected chi connectivity index (χ3v) is 1.73. The average Bonchev–Trinajstić information content (AvgIpc) is 1.61. The van der Waals surface area contributed by atoms with Crippen LogP contribution in [0.3, 0.4) is 0 Å². The van der Waals surface area contributed by atoms with E-state index in [1.165, 1.54) is 0 Å². The smallest absolute Gasteiger partial charge is 0.144 e. The first kappa shape index (κ1) is 5.38. The summed E-state index contributed by atoms with van der Waals surface area (Å²) in [7, 11) is 0. The van der Waals surface area contributed by atoms with Gasteiger partial charge in [0, 0.05) is 18.8 Å². The lowest BCUT2D eigenvalue weighted by molar-refractivity contribution is 0.119. The molecule has 0 aromatic carbocycles. The molecule has 1 aliphatic heterocycles. The van der Waals surface area contributed by atoms with Crippen molar-refractivity contribution < 1.29 is 4.39 Å². The van der Waals surface area contributed by atoms with Crippen molar-refractivity contribution in [2.45, 2.75) is 5.67 Å². The van der Waals surface area contributed by atoms with Crippen molar-refractivity contribution in [2.24, 2.45) is 0 Å². The van der Waals surface area contributed by atoms with Crippen LogP contribution in [0.25, 0.3) is 0 Å². The third kappa shape index (κ3) is 0.888. The van der Waals surface area contributed by atoms with Crippen LogP contribution in [0.15, 0.2) is 0 Å². The molecule has 3 heteroatoms. The predicted molar refractivity (Wildman–Crippen MR) is 30.6 cm³/mol. The van der Waals surface area contributed by atoms with Crippen LogP contribution in [0.4, 0.5) is 4.39 Å². The van der Waals surface area contributed by atoms with Crippen molar-refractivity contribution in [1.29, 1.82) is 0 Å². The summed E-state index contributed by atoms with van der Waals surface area (Å²) in [6.45, 7) is 0.965. The molecular formula is C4H8FNS. The summed E-state index contributed by atoms with van der Waals surface area (Å²) in [4.78, 5) is 0. The molecule has 0 aromatic rings. The van der Waals surface area contributed by atoms with Gasteiger partial charge >= 0.3 is 0 Å². The van der Waals surface area contributed by atoms with Gasteiger partial charge in [0.25, 0.3) is 0 Å². The second-order valence-corrected chi connectivity index (χ2v) is 2.23. The molecule has 0 aliphatic carbocycles. The Labute approximate surface area is 47.7 Å². The van der Waals surface area contributed by atoms with E-state index in [2.05, 4.69) is 17.9 Å². The van der Waals surface area contributed by atoms with Gasteiger partial charge in [0.15, 0.2) is 0 Å². The molecule has 1 rings (SSSR count). The van der Waals surface area contributed by atoms with E-state index in [0.29, 0.717) is 18.8 Å². The number of halogens is 1. The van der Waals surface area contributed by atoms with E-state index in [1.54, 1.807) is 0 Å². The van der Waals surface area contributed by atoms with Crippen molar-refractivity contribution in [2.75, 3.05) is 18.8 Å². The highest BCUT2D eigenvalue weighted by Crippen LogP contribution is 2.16. The summed E-state index contributed by atoms with van der Waals surface area (Å²) >= 11 is 3.82. The zero-order valence-corrected chi connectivity index (χ0v) is 4.84. The van der Waals surface area contributed by atoms with Crippen LogP contribution in [-0.4, -0.2) is 24.5 Å². The Morgan fingerprint density at radius 3 is 2.29 bits per heavy atom. The minimum atomic E-state index is -0.983. The summed E-state index contributed by atoms with van der Waals surface area (Å²) in [5.74, 6) is 0.347. The normalized spacial score (nSPS) is 26.6. The first-order valence-corrected chi connectivity index (χ1v) is 2.91. The van der Waals surface area contributed by atoms with E-state index in [4.69, 9.17) is 0 Å². The van der Waals surface area contributed by atoms with Gasteiger partial charge in [-0.2, -0.15) is 12.6 Å². The van der Waals surface area contributed by atoms with Gasteiger partial charge in [-0.05, 0) is 0 Å². The molecule has 1 fully saturated rings. The van der Waals surface area contributed by atoms with Crippen LogP contribution in [-0.2, 0) is 0 Å². The summed E-state index contributed by atoms with van der Waals surface area (Å²) in [5, 5.41) is 2.83. The van der Waals surface area contributed by atoms with Crippen LogP contribution in [0, 0.1) is 0 Å². The number of rotatable bonds is 1. The molecule has 1 nitrogen and oxygen atoms in total. The highest BCUT2D eigenvalue weighted by molar-refractivity contribution is 7.80. The van der Waals surface area contributed by atoms with Gasteiger partial charge in [0.2, 0.25) is 0 Å². The summed E-state index contributed by atoms with van der Waals surface area (Å²) < 4.78 is 12.5. The van der Waals surface area contributed by atoms with Crippen molar-refractivity contribution in [3.05, 3.63) is 0 Å². The fraction of sp³-hybridized carbons (Fsp3) is 1.00. The van der Waals surface area contributed by atoms with Crippen LogP contribution in [0.2, 0.25) is 0 Å². The minimum absolute atomic E-state index is 0.347. The highest BCUT2D eigenvalue weighted by atomic mass is 32.1. The standard InChI is InChI=1S/C4H8FNS/c5-4(3-7)1-6-2-4/h6-7H,1-3H2. The lowest BCUT2D eigenvalue weighted by Crippen LogP contribution is -2.57. The average molecular weight is 121 g/mol. The molecule has 0 unspecified atom stereocenters. The zero-order valence-electron chi connectivity index (χ0n) is 3.95. The van der Waals surface area contributed by atoms with E-state index in [-0.39, 0.29) is 0 Å². The van der Waals surface area contributed by atoms with Crippen molar-refractivity contribution in [3.63, 3.8) is 0 Å². The predicted octanol–water partition coefficient (Wildman–Crippen LogP) is 0.228. The first-order chi connectivity index (χ1) is 3.27. The largest absolute Gasteiger partial charge is 0.310 e. The second kappa shape index (κ2) is 1.63. The first-order valence-electron chi connectivity index (χ1n) is 2.27. The van der Waals surface area contributed by atoms with Crippen LogP contribution >= 0.6 is 12.6 Å². The molecule has 0 amide bonds. The Bertz CT molecular complexity index is 66.6. The monoisotopic (exact) mass is 121 g/mol. The van der Waals surface area contributed by atoms with Crippen LogP contribution in [0.1, 0.15) is 0 Å². The maximum atomic E-state index is 12.5. The zero-order chi connectivity index (χ0) is 5.33. The van der Waals surface area contributed by atoms with Gasteiger partial charge < -0.3 is 5.32 Å². The van der Waals surface area contributed by atoms with E-state index in [1.807, 2.05) is 0 Å². The molecule has 42 valence electrons. The quantitative estimate of drug-likeness (QED) is 0.473. The molecule has 1 saturated heterocycles. The van der Waals surface area contributed by atoms with Crippen molar-refractivity contribution >= 4 is 12.6 Å². The molecule has 0 aromatic heterocycles. The lowest BCUT2D eigenvalue weighted by Gasteiger charge is -2.33. The number of nitrogens with one attached hydrogen (secondary N) is 1. The maximum Gasteiger partial charge on any atom is 0.144 e. The van der Waals surface area contributed by atoms with Gasteiger partial charge in [-0.1, -0.05) is 0 Å². The molecule has 0 saturated carbocycles. The fourth-order valence-electron chi connectivity index (χ4n) is 0.508. The summed E-state index contributed by atoms with van der Waals surface area (Å²) in [6.07, 6.45) is 0. The van der Waals surface area contributed by atoms with E-state index >= 15 is 0 Å². The Morgan fingerprint density at radius 1 is 1.71 bits per heavy atom. The minimum Gasteiger partial charge on any atom is -0.310 e. The fourth-order valence-corrected chi connectivity index (χ4v) is 0.732. The molecule has 7 heavy (non-hydrogen) atoms. The van der Waals surface area contributed by atoms with Gasteiger partial charge in [-0.15, -0.1) is 0 Å². The number of hydrogen-bond donors (Lipinski definition) is 2. The van der Waals surface area contributed by atoms with Crippen molar-refractivity contribution in [3.8, 4) is 0 Å². The van der Waals surface area contributed by atoms with Crippen LogP contribution < -0.4 is 5.32 Å². The molecule has 1 aliphatic rings. The highest BCUT2D eigenvalue weighted by Gasteiger charge is 2.34. The molecule has 1 N–H and O–H groups in total. The Kier molecular flexibility index (Phi) is 1.26. The van der Waals surface area contributed by atoms with Gasteiger partial charge in [0.1, 0.15) is 5.67 Å². The topological polar surface area (TPSA) is 12.0 Å². The maximum absolute atomic E-state index is 12.5. The summed E-state index contributed by atoms with van der Waals surface area (Å²) in [5.41, 5.74) is -0.983. The molecule has 0 spiro atoms. The van der Waals surface area contributed by atoms with Gasteiger partial charge in [-0.25, -0.2) is 4.39 Å². The van der Waals surface area contributed by atoms with E-state index in [0.717, 1.165) is 0 Å². The molecule has 0 radical (unpaired) electrons. The third-order valence-electron chi connectivity index (χ3n) is 1.17. The van der Waals surface area contributed by atoms with Crippen molar-refractivity contribution in [1.82, 2.24) is 5.32 Å². The molecule has 1 heterocycles. The molecular weight excluding hydrogens is 113 g/mol. The molecule has 0 atom stereocenters. The van der Waals surface area contributed by atoms with Crippen LogP contribution in [0.5, 0.6) is 0 Å².